The molecule has 170 valence electrons. The Morgan fingerprint density at radius 1 is 1.09 bits per heavy atom. The van der Waals surface area contributed by atoms with E-state index in [1.807, 2.05) is 19.1 Å². The van der Waals surface area contributed by atoms with Crippen LogP contribution in [0.25, 0.3) is 0 Å². The predicted molar refractivity (Wildman–Crippen MR) is 122 cm³/mol. The molecular weight excluding hydrogens is 432 g/mol. The van der Waals surface area contributed by atoms with Crippen molar-refractivity contribution in [2.45, 2.75) is 39.3 Å². The monoisotopic (exact) mass is 458 g/mol. The second-order valence-electron chi connectivity index (χ2n) is 7.22. The first-order valence-corrected chi connectivity index (χ1v) is 10.9. The standard InChI is InChI=1S/C24H27ClN2O5/c1-4-6-18-21(23(28)31-5-2)22(27-24(29)26-18)16-9-12-19(30-3)20(13-16)32-14-15-7-10-17(25)11-8-15/h7-13,22H,4-6,14H2,1-3H3,(H2,26,27,29). The Labute approximate surface area is 192 Å². The number of allylic oxidation sites excluding steroid dienone is 1. The summed E-state index contributed by atoms with van der Waals surface area (Å²) < 4.78 is 16.7. The molecular formula is C24H27ClN2O5. The van der Waals surface area contributed by atoms with Gasteiger partial charge < -0.3 is 24.8 Å². The lowest BCUT2D eigenvalue weighted by Gasteiger charge is -2.29. The molecule has 2 aromatic carbocycles. The number of esters is 1. The summed E-state index contributed by atoms with van der Waals surface area (Å²) in [7, 11) is 1.56. The number of urea groups is 1. The number of hydrogen-bond acceptors (Lipinski definition) is 5. The van der Waals surface area contributed by atoms with Crippen molar-refractivity contribution in [3.63, 3.8) is 0 Å². The van der Waals surface area contributed by atoms with E-state index in [1.165, 1.54) is 0 Å². The van der Waals surface area contributed by atoms with E-state index < -0.39 is 12.0 Å². The number of amides is 2. The SMILES string of the molecule is CCCC1=C(C(=O)OCC)C(c2ccc(OC)c(OCc3ccc(Cl)cc3)c2)NC(=O)N1. The average molecular weight is 459 g/mol. The summed E-state index contributed by atoms with van der Waals surface area (Å²) in [6.07, 6.45) is 1.32. The zero-order valence-electron chi connectivity index (χ0n) is 18.4. The summed E-state index contributed by atoms with van der Waals surface area (Å²) in [5.74, 6) is 0.569. The molecule has 2 aromatic rings. The Bertz CT molecular complexity index is 1000. The van der Waals surface area contributed by atoms with Crippen LogP contribution in [0.4, 0.5) is 4.79 Å². The van der Waals surface area contributed by atoms with Gasteiger partial charge in [-0.05, 0) is 48.7 Å². The molecule has 32 heavy (non-hydrogen) atoms. The second kappa shape index (κ2) is 10.9. The molecule has 2 amide bonds. The summed E-state index contributed by atoms with van der Waals surface area (Å²) in [4.78, 5) is 25.1. The molecule has 3 rings (SSSR count). The first-order valence-electron chi connectivity index (χ1n) is 10.5. The molecule has 0 aromatic heterocycles. The highest BCUT2D eigenvalue weighted by atomic mass is 35.5. The molecule has 0 radical (unpaired) electrons. The number of ether oxygens (including phenoxy) is 3. The Kier molecular flexibility index (Phi) is 8.00. The fourth-order valence-corrected chi connectivity index (χ4v) is 3.62. The summed E-state index contributed by atoms with van der Waals surface area (Å²) in [6, 6.07) is 11.6. The van der Waals surface area contributed by atoms with Gasteiger partial charge in [-0.15, -0.1) is 0 Å². The molecule has 8 heteroatoms. The van der Waals surface area contributed by atoms with Gasteiger partial charge >= 0.3 is 12.0 Å². The molecule has 0 bridgehead atoms. The van der Waals surface area contributed by atoms with Gasteiger partial charge in [0.25, 0.3) is 0 Å². The van der Waals surface area contributed by atoms with Crippen molar-refractivity contribution in [1.82, 2.24) is 10.6 Å². The van der Waals surface area contributed by atoms with Crippen LogP contribution in [0.3, 0.4) is 0 Å². The average Bonchev–Trinajstić information content (AvgIpc) is 2.78. The number of benzene rings is 2. The highest BCUT2D eigenvalue weighted by Crippen LogP contribution is 2.35. The van der Waals surface area contributed by atoms with E-state index in [1.54, 1.807) is 44.4 Å². The van der Waals surface area contributed by atoms with Crippen molar-refractivity contribution < 1.29 is 23.8 Å². The molecule has 0 saturated carbocycles. The molecule has 1 atom stereocenters. The van der Waals surface area contributed by atoms with E-state index in [0.717, 1.165) is 12.0 Å². The maximum absolute atomic E-state index is 12.8. The fraction of sp³-hybridized carbons (Fsp3) is 0.333. The highest BCUT2D eigenvalue weighted by Gasteiger charge is 2.33. The minimum Gasteiger partial charge on any atom is -0.493 e. The Morgan fingerprint density at radius 3 is 2.50 bits per heavy atom. The smallest absolute Gasteiger partial charge is 0.338 e. The van der Waals surface area contributed by atoms with Crippen molar-refractivity contribution in [3.05, 3.63) is 69.9 Å². The van der Waals surface area contributed by atoms with Crippen LogP contribution < -0.4 is 20.1 Å². The van der Waals surface area contributed by atoms with Gasteiger partial charge in [-0.1, -0.05) is 43.1 Å². The van der Waals surface area contributed by atoms with Crippen LogP contribution in [-0.4, -0.2) is 25.7 Å². The van der Waals surface area contributed by atoms with Gasteiger partial charge in [0, 0.05) is 10.7 Å². The lowest BCUT2D eigenvalue weighted by molar-refractivity contribution is -0.139. The van der Waals surface area contributed by atoms with Gasteiger partial charge in [0.15, 0.2) is 11.5 Å². The summed E-state index contributed by atoms with van der Waals surface area (Å²) in [6.45, 7) is 4.27. The molecule has 0 saturated heterocycles. The molecule has 0 fully saturated rings. The number of carbonyl (C=O) groups excluding carboxylic acids is 2. The number of carbonyl (C=O) groups is 2. The Balaban J connectivity index is 1.95. The summed E-state index contributed by atoms with van der Waals surface area (Å²) >= 11 is 5.95. The van der Waals surface area contributed by atoms with Gasteiger partial charge in [-0.25, -0.2) is 9.59 Å². The topological polar surface area (TPSA) is 85.9 Å². The zero-order chi connectivity index (χ0) is 23.1. The van der Waals surface area contributed by atoms with Crippen molar-refractivity contribution >= 4 is 23.6 Å². The van der Waals surface area contributed by atoms with Crippen LogP contribution in [0.2, 0.25) is 5.02 Å². The van der Waals surface area contributed by atoms with Crippen molar-refractivity contribution in [2.24, 2.45) is 0 Å². The highest BCUT2D eigenvalue weighted by molar-refractivity contribution is 6.30. The largest absolute Gasteiger partial charge is 0.493 e. The Hall–Kier alpha value is -3.19. The van der Waals surface area contributed by atoms with Crippen LogP contribution >= 0.6 is 11.6 Å². The molecule has 1 heterocycles. The summed E-state index contributed by atoms with van der Waals surface area (Å²) in [5.41, 5.74) is 2.58. The van der Waals surface area contributed by atoms with Gasteiger partial charge in [0.05, 0.1) is 25.3 Å². The first kappa shape index (κ1) is 23.5. The number of hydrogen-bond donors (Lipinski definition) is 2. The minimum atomic E-state index is -0.673. The predicted octanol–water partition coefficient (Wildman–Crippen LogP) is 4.90. The quantitative estimate of drug-likeness (QED) is 0.522. The molecule has 7 nitrogen and oxygen atoms in total. The van der Waals surface area contributed by atoms with Crippen molar-refractivity contribution in [1.29, 1.82) is 0 Å². The normalized spacial score (nSPS) is 15.6. The number of methoxy groups -OCH3 is 1. The number of halogens is 1. The van der Waals surface area contributed by atoms with Gasteiger partial charge in [-0.3, -0.25) is 0 Å². The lowest BCUT2D eigenvalue weighted by atomic mass is 9.93. The van der Waals surface area contributed by atoms with Crippen LogP contribution in [0.5, 0.6) is 11.5 Å². The maximum Gasteiger partial charge on any atom is 0.338 e. The van der Waals surface area contributed by atoms with E-state index in [9.17, 15) is 9.59 Å². The second-order valence-corrected chi connectivity index (χ2v) is 7.66. The molecule has 0 spiro atoms. The summed E-state index contributed by atoms with van der Waals surface area (Å²) in [5, 5.41) is 6.24. The maximum atomic E-state index is 12.8. The third-order valence-corrected chi connectivity index (χ3v) is 5.23. The van der Waals surface area contributed by atoms with E-state index in [-0.39, 0.29) is 12.6 Å². The molecule has 2 N–H and O–H groups in total. The molecule has 1 unspecified atom stereocenters. The molecule has 0 aliphatic carbocycles. The minimum absolute atomic E-state index is 0.237. The van der Waals surface area contributed by atoms with Crippen LogP contribution in [-0.2, 0) is 16.1 Å². The van der Waals surface area contributed by atoms with Gasteiger partial charge in [-0.2, -0.15) is 0 Å². The van der Waals surface area contributed by atoms with Crippen LogP contribution in [0.15, 0.2) is 53.7 Å². The first-order chi connectivity index (χ1) is 15.5. The van der Waals surface area contributed by atoms with Gasteiger partial charge in [0.1, 0.15) is 6.61 Å². The van der Waals surface area contributed by atoms with Crippen molar-refractivity contribution in [2.75, 3.05) is 13.7 Å². The third-order valence-electron chi connectivity index (χ3n) is 4.98. The van der Waals surface area contributed by atoms with E-state index in [2.05, 4.69) is 10.6 Å². The number of rotatable bonds is 9. The third kappa shape index (κ3) is 5.53. The van der Waals surface area contributed by atoms with Crippen LogP contribution in [0, 0.1) is 0 Å². The molecule has 1 aliphatic rings. The van der Waals surface area contributed by atoms with E-state index in [0.29, 0.717) is 46.4 Å². The Morgan fingerprint density at radius 2 is 1.84 bits per heavy atom. The number of nitrogens with one attached hydrogen (secondary N) is 2. The van der Waals surface area contributed by atoms with Crippen LogP contribution in [0.1, 0.15) is 43.9 Å². The van der Waals surface area contributed by atoms with Gasteiger partial charge in [0.2, 0.25) is 0 Å². The van der Waals surface area contributed by atoms with Crippen molar-refractivity contribution in [3.8, 4) is 11.5 Å². The lowest BCUT2D eigenvalue weighted by Crippen LogP contribution is -2.46. The fourth-order valence-electron chi connectivity index (χ4n) is 3.49. The zero-order valence-corrected chi connectivity index (χ0v) is 19.1. The molecule has 1 aliphatic heterocycles. The van der Waals surface area contributed by atoms with E-state index >= 15 is 0 Å². The van der Waals surface area contributed by atoms with E-state index in [4.69, 9.17) is 25.8 Å².